The van der Waals surface area contributed by atoms with Crippen molar-refractivity contribution in [3.63, 3.8) is 0 Å². The number of piperazine rings is 1. The van der Waals surface area contributed by atoms with E-state index in [1.54, 1.807) is 48.5 Å². The first-order valence-corrected chi connectivity index (χ1v) is 13.5. The van der Waals surface area contributed by atoms with E-state index in [4.69, 9.17) is 39.8 Å². The molecule has 14 heteroatoms. The lowest BCUT2D eigenvalue weighted by molar-refractivity contribution is 0.0951. The van der Waals surface area contributed by atoms with Gasteiger partial charge in [-0.05, 0) is 54.7 Å². The molecule has 1 aliphatic heterocycles. The first kappa shape index (κ1) is 29.6. The highest BCUT2D eigenvalue weighted by atomic mass is 35.5. The molecule has 1 saturated heterocycles. The molecule has 0 bridgehead atoms. The van der Waals surface area contributed by atoms with Crippen molar-refractivity contribution >= 4 is 63.5 Å². The van der Waals surface area contributed by atoms with Crippen molar-refractivity contribution < 1.29 is 31.2 Å². The van der Waals surface area contributed by atoms with E-state index in [0.717, 1.165) is 4.90 Å². The number of carbonyl (C=O) groups excluding carboxylic acids is 1. The number of anilines is 3. The Labute approximate surface area is 251 Å². The lowest BCUT2D eigenvalue weighted by Crippen LogP contribution is -2.47. The molecule has 0 saturated carbocycles. The number of rotatable bonds is 5. The van der Waals surface area contributed by atoms with Crippen LogP contribution in [0.25, 0.3) is 11.3 Å². The fraction of sp³-hybridized carbons (Fsp3) is 0.143. The van der Waals surface area contributed by atoms with Crippen molar-refractivity contribution in [3.05, 3.63) is 99.5 Å². The largest absolute Gasteiger partial charge is 0.451 e. The van der Waals surface area contributed by atoms with E-state index in [1.807, 2.05) is 4.90 Å². The summed E-state index contributed by atoms with van der Waals surface area (Å²) < 4.78 is 74.8. The van der Waals surface area contributed by atoms with Gasteiger partial charge in [-0.1, -0.05) is 35.3 Å². The number of thiocarbonyl (C=S) groups is 1. The highest BCUT2D eigenvalue weighted by Gasteiger charge is 2.31. The monoisotopic (exact) mass is 640 g/mol. The maximum Gasteiger partial charge on any atom is 0.293 e. The number of nitrogens with zero attached hydrogens (tertiary/aromatic N) is 2. The van der Waals surface area contributed by atoms with Crippen molar-refractivity contribution in [2.45, 2.75) is 0 Å². The molecular weight excluding hydrogens is 622 g/mol. The molecule has 42 heavy (non-hydrogen) atoms. The summed E-state index contributed by atoms with van der Waals surface area (Å²) in [5, 5.41) is 6.20. The number of hydrogen-bond acceptors (Lipinski definition) is 5. The number of halogens is 7. The van der Waals surface area contributed by atoms with Gasteiger partial charge in [0, 0.05) is 42.5 Å². The first-order valence-electron chi connectivity index (χ1n) is 12.3. The minimum atomic E-state index is -2.20. The molecule has 2 N–H and O–H groups in total. The van der Waals surface area contributed by atoms with Gasteiger partial charge in [-0.25, -0.2) is 22.0 Å². The SMILES string of the molecule is O=C(NC(=S)Nc1ccc(N2CCN(c3c(F)c(F)c(F)c(F)c3F)CC2)c(Cl)c1)c1ccc(-c2cccc(Cl)c2)o1. The summed E-state index contributed by atoms with van der Waals surface area (Å²) in [5.74, 6) is -10.00. The zero-order valence-electron chi connectivity index (χ0n) is 21.3. The van der Waals surface area contributed by atoms with Gasteiger partial charge in [0.2, 0.25) is 5.82 Å². The Morgan fingerprint density at radius 3 is 2.10 bits per heavy atom. The molecule has 2 heterocycles. The van der Waals surface area contributed by atoms with E-state index >= 15 is 0 Å². The van der Waals surface area contributed by atoms with Crippen LogP contribution in [0.4, 0.5) is 39.0 Å². The second kappa shape index (κ2) is 12.2. The third-order valence-electron chi connectivity index (χ3n) is 6.49. The molecule has 5 rings (SSSR count). The molecule has 0 atom stereocenters. The summed E-state index contributed by atoms with van der Waals surface area (Å²) in [6, 6.07) is 15.0. The number of benzene rings is 3. The summed E-state index contributed by atoms with van der Waals surface area (Å²) in [6.07, 6.45) is 0. The smallest absolute Gasteiger partial charge is 0.293 e. The third-order valence-corrected chi connectivity index (χ3v) is 7.24. The van der Waals surface area contributed by atoms with E-state index in [2.05, 4.69) is 10.6 Å². The third kappa shape index (κ3) is 6.01. The molecule has 218 valence electrons. The topological polar surface area (TPSA) is 60.8 Å². The Hall–Kier alpha value is -3.87. The molecule has 0 radical (unpaired) electrons. The van der Waals surface area contributed by atoms with Crippen molar-refractivity contribution in [2.75, 3.05) is 41.3 Å². The summed E-state index contributed by atoms with van der Waals surface area (Å²) in [4.78, 5) is 15.5. The molecule has 1 amide bonds. The van der Waals surface area contributed by atoms with Crippen LogP contribution in [0.1, 0.15) is 10.6 Å². The zero-order valence-corrected chi connectivity index (χ0v) is 23.6. The summed E-state index contributed by atoms with van der Waals surface area (Å²) in [6.45, 7) is 0.356. The number of hydrogen-bond donors (Lipinski definition) is 2. The van der Waals surface area contributed by atoms with Gasteiger partial charge >= 0.3 is 0 Å². The van der Waals surface area contributed by atoms with Crippen molar-refractivity contribution in [3.8, 4) is 11.3 Å². The molecule has 0 unspecified atom stereocenters. The molecule has 0 spiro atoms. The average Bonchev–Trinajstić information content (AvgIpc) is 3.47. The van der Waals surface area contributed by atoms with Crippen LogP contribution in [0.15, 0.2) is 59.0 Å². The Morgan fingerprint density at radius 2 is 1.45 bits per heavy atom. The minimum Gasteiger partial charge on any atom is -0.451 e. The quantitative estimate of drug-likeness (QED) is 0.103. The first-order chi connectivity index (χ1) is 20.0. The molecule has 1 aliphatic rings. The van der Waals surface area contributed by atoms with E-state index in [1.165, 1.54) is 6.07 Å². The van der Waals surface area contributed by atoms with Gasteiger partial charge in [0.15, 0.2) is 34.1 Å². The molecule has 1 fully saturated rings. The fourth-order valence-electron chi connectivity index (χ4n) is 4.47. The van der Waals surface area contributed by atoms with Gasteiger partial charge in [-0.15, -0.1) is 0 Å². The van der Waals surface area contributed by atoms with Gasteiger partial charge in [0.25, 0.3) is 5.91 Å². The van der Waals surface area contributed by atoms with Crippen LogP contribution in [0.3, 0.4) is 0 Å². The predicted octanol–water partition coefficient (Wildman–Crippen LogP) is 7.40. The summed E-state index contributed by atoms with van der Waals surface area (Å²) in [5.41, 5.74) is 0.796. The molecule has 4 aromatic rings. The van der Waals surface area contributed by atoms with E-state index < -0.39 is 40.7 Å². The maximum absolute atomic E-state index is 14.2. The molecule has 6 nitrogen and oxygen atoms in total. The van der Waals surface area contributed by atoms with Crippen LogP contribution < -0.4 is 20.4 Å². The highest BCUT2D eigenvalue weighted by molar-refractivity contribution is 7.80. The molecule has 1 aromatic heterocycles. The van der Waals surface area contributed by atoms with Gasteiger partial charge < -0.3 is 19.5 Å². The van der Waals surface area contributed by atoms with E-state index in [0.29, 0.717) is 32.7 Å². The lowest BCUT2D eigenvalue weighted by Gasteiger charge is -2.38. The molecule has 3 aromatic carbocycles. The highest BCUT2D eigenvalue weighted by Crippen LogP contribution is 2.34. The number of furan rings is 1. The Bertz CT molecular complexity index is 1670. The second-order valence-corrected chi connectivity index (χ2v) is 10.4. The van der Waals surface area contributed by atoms with Gasteiger partial charge in [-0.2, -0.15) is 0 Å². The average molecular weight is 641 g/mol. The van der Waals surface area contributed by atoms with Crippen molar-refractivity contribution in [2.24, 2.45) is 0 Å². The number of carbonyl (C=O) groups is 1. The summed E-state index contributed by atoms with van der Waals surface area (Å²) in [7, 11) is 0. The molecular formula is C28H19Cl2F5N4O2S. The van der Waals surface area contributed by atoms with Crippen molar-refractivity contribution in [1.29, 1.82) is 0 Å². The Balaban J connectivity index is 1.19. The Kier molecular flexibility index (Phi) is 8.58. The Morgan fingerprint density at radius 1 is 0.810 bits per heavy atom. The second-order valence-electron chi connectivity index (χ2n) is 9.14. The lowest BCUT2D eigenvalue weighted by atomic mass is 10.2. The zero-order chi connectivity index (χ0) is 30.1. The van der Waals surface area contributed by atoms with Gasteiger partial charge in [0.05, 0.1) is 10.7 Å². The number of nitrogens with one attached hydrogen (secondary N) is 2. The van der Waals surface area contributed by atoms with Crippen LogP contribution in [-0.2, 0) is 0 Å². The number of amides is 1. The standard InChI is InChI=1S/C28H19Cl2F5N4O2S/c29-15-3-1-2-14(12-15)19-6-7-20(41-19)27(40)37-28(42)36-16-4-5-18(17(30)13-16)38-8-10-39(11-9-38)26-24(34)22(32)21(31)23(33)25(26)35/h1-7,12-13H,8-11H2,(H2,36,37,40,42). The molecule has 0 aliphatic carbocycles. The predicted molar refractivity (Wildman–Crippen MR) is 155 cm³/mol. The van der Waals surface area contributed by atoms with E-state index in [-0.39, 0.29) is 37.1 Å². The fourth-order valence-corrected chi connectivity index (χ4v) is 5.17. The van der Waals surface area contributed by atoms with Gasteiger partial charge in [-0.3, -0.25) is 10.1 Å². The van der Waals surface area contributed by atoms with Crippen LogP contribution in [-0.4, -0.2) is 37.2 Å². The maximum atomic E-state index is 14.2. The van der Waals surface area contributed by atoms with Crippen LogP contribution in [0.2, 0.25) is 10.0 Å². The van der Waals surface area contributed by atoms with Crippen molar-refractivity contribution in [1.82, 2.24) is 5.32 Å². The van der Waals surface area contributed by atoms with Gasteiger partial charge in [0.1, 0.15) is 11.4 Å². The van der Waals surface area contributed by atoms with Crippen LogP contribution >= 0.6 is 35.4 Å². The normalized spacial score (nSPS) is 13.3. The van der Waals surface area contributed by atoms with Crippen LogP contribution in [0.5, 0.6) is 0 Å². The van der Waals surface area contributed by atoms with Crippen LogP contribution in [0, 0.1) is 29.1 Å². The minimum absolute atomic E-state index is 0.0130. The van der Waals surface area contributed by atoms with E-state index in [9.17, 15) is 26.7 Å². The summed E-state index contributed by atoms with van der Waals surface area (Å²) >= 11 is 17.7.